The molecule has 0 amide bonds. The van der Waals surface area contributed by atoms with E-state index in [1.807, 2.05) is 0 Å². The van der Waals surface area contributed by atoms with Crippen LogP contribution in [0.4, 0.5) is 0 Å². The normalized spacial score (nSPS) is 13.9. The molecule has 1 aliphatic rings. The molecule has 0 radical (unpaired) electrons. The second-order valence-corrected chi connectivity index (χ2v) is 18.1. The van der Waals surface area contributed by atoms with Crippen molar-refractivity contribution in [2.45, 2.75) is 39.3 Å². The van der Waals surface area contributed by atoms with Crippen molar-refractivity contribution >= 4 is 50.8 Å². The van der Waals surface area contributed by atoms with E-state index in [2.05, 4.69) is 161 Å². The number of benzene rings is 7. The third kappa shape index (κ3) is 3.88. The molecule has 1 heterocycles. The Labute approximate surface area is 255 Å². The van der Waals surface area contributed by atoms with Crippen LogP contribution in [0.2, 0.25) is 13.1 Å². The van der Waals surface area contributed by atoms with Crippen molar-refractivity contribution in [2.75, 3.05) is 0 Å². The molecule has 0 saturated heterocycles. The summed E-state index contributed by atoms with van der Waals surface area (Å²) in [6.45, 7) is 11.9. The van der Waals surface area contributed by atoms with E-state index in [0.717, 1.165) is 0 Å². The Balaban J connectivity index is 1.56. The van der Waals surface area contributed by atoms with E-state index < -0.39 is 8.07 Å². The number of fused-ring (bicyclic) bond motifs is 6. The molecule has 1 aliphatic heterocycles. The third-order valence-corrected chi connectivity index (χ3v) is 13.4. The molecule has 0 fully saturated rings. The highest BCUT2D eigenvalue weighted by atomic mass is 28.3. The predicted molar refractivity (Wildman–Crippen MR) is 191 cm³/mol. The lowest BCUT2D eigenvalue weighted by Crippen LogP contribution is -2.49. The van der Waals surface area contributed by atoms with Gasteiger partial charge in [0.05, 0.1) is 0 Å². The lowest BCUT2D eigenvalue weighted by Gasteiger charge is -2.23. The van der Waals surface area contributed by atoms with Gasteiger partial charge in [0, 0.05) is 0 Å². The van der Waals surface area contributed by atoms with E-state index in [-0.39, 0.29) is 5.41 Å². The van der Waals surface area contributed by atoms with Crippen molar-refractivity contribution in [3.05, 3.63) is 133 Å². The zero-order valence-corrected chi connectivity index (χ0v) is 26.6. The van der Waals surface area contributed by atoms with E-state index in [1.165, 1.54) is 71.3 Å². The van der Waals surface area contributed by atoms with E-state index in [4.69, 9.17) is 0 Å². The van der Waals surface area contributed by atoms with Crippen LogP contribution >= 0.6 is 0 Å². The Morgan fingerprint density at radius 3 is 1.77 bits per heavy atom. The average Bonchev–Trinajstić information content (AvgIpc) is 3.24. The second-order valence-electron chi connectivity index (χ2n) is 13.8. The second kappa shape index (κ2) is 9.27. The summed E-state index contributed by atoms with van der Waals surface area (Å²) < 4.78 is 0. The maximum atomic E-state index is 2.59. The van der Waals surface area contributed by atoms with Gasteiger partial charge >= 0.3 is 0 Å². The lowest BCUT2D eigenvalue weighted by atomic mass is 9.82. The Kier molecular flexibility index (Phi) is 5.64. The zero-order chi connectivity index (χ0) is 29.5. The van der Waals surface area contributed by atoms with Gasteiger partial charge in [0.25, 0.3) is 0 Å². The van der Waals surface area contributed by atoms with Crippen molar-refractivity contribution in [1.82, 2.24) is 0 Å². The van der Waals surface area contributed by atoms with Crippen LogP contribution in [-0.4, -0.2) is 8.07 Å². The minimum absolute atomic E-state index is 0.113. The highest BCUT2D eigenvalue weighted by Crippen LogP contribution is 2.47. The minimum Gasteiger partial charge on any atom is -0.0623 e. The molecule has 0 aliphatic carbocycles. The van der Waals surface area contributed by atoms with Gasteiger partial charge in [0.15, 0.2) is 0 Å². The van der Waals surface area contributed by atoms with Crippen LogP contribution in [0.15, 0.2) is 127 Å². The molecule has 7 aromatic carbocycles. The fourth-order valence-electron chi connectivity index (χ4n) is 7.55. The highest BCUT2D eigenvalue weighted by molar-refractivity contribution is 7.04. The largest absolute Gasteiger partial charge is 0.113 e. The van der Waals surface area contributed by atoms with E-state index in [1.54, 1.807) is 10.4 Å². The van der Waals surface area contributed by atoms with Crippen LogP contribution in [0, 0.1) is 0 Å². The molecule has 0 unspecified atom stereocenters. The van der Waals surface area contributed by atoms with Crippen LogP contribution < -0.4 is 10.4 Å². The van der Waals surface area contributed by atoms with Gasteiger partial charge in [-0.05, 0) is 93.1 Å². The van der Waals surface area contributed by atoms with Crippen molar-refractivity contribution in [1.29, 1.82) is 0 Å². The van der Waals surface area contributed by atoms with E-state index >= 15 is 0 Å². The Morgan fingerprint density at radius 1 is 0.442 bits per heavy atom. The molecule has 0 N–H and O–H groups in total. The molecule has 7 aromatic rings. The molecule has 1 heteroatoms. The first kappa shape index (κ1) is 26.2. The van der Waals surface area contributed by atoms with Crippen LogP contribution in [0.1, 0.15) is 26.3 Å². The molecule has 0 bridgehead atoms. The molecular weight excluding hydrogens is 533 g/mol. The molecule has 43 heavy (non-hydrogen) atoms. The maximum Gasteiger partial charge on any atom is 0.113 e. The smallest absolute Gasteiger partial charge is 0.0623 e. The van der Waals surface area contributed by atoms with Gasteiger partial charge in [-0.2, -0.15) is 0 Å². The van der Waals surface area contributed by atoms with Crippen molar-refractivity contribution in [3.63, 3.8) is 0 Å². The first-order chi connectivity index (χ1) is 20.7. The average molecular weight is 569 g/mol. The first-order valence-electron chi connectivity index (χ1n) is 15.5. The number of hydrogen-bond acceptors (Lipinski definition) is 0. The zero-order valence-electron chi connectivity index (χ0n) is 25.6. The Morgan fingerprint density at radius 2 is 1.02 bits per heavy atom. The Hall–Kier alpha value is -4.46. The molecule has 208 valence electrons. The summed E-state index contributed by atoms with van der Waals surface area (Å²) in [5.74, 6) is 0. The maximum absolute atomic E-state index is 2.59. The van der Waals surface area contributed by atoms with E-state index in [9.17, 15) is 0 Å². The standard InChI is InChI=1S/C42H36Si/c1-42(2,3)29-23-21-28(22-24-29)40-33-17-8-9-18-34(33)41(32-19-12-14-27-13-6-7-15-30(27)32)37-26-39-35(25-36(37)40)31-16-10-11-20-38(31)43(39,4)5/h6-26H,1-5H3. The van der Waals surface area contributed by atoms with Crippen molar-refractivity contribution in [2.24, 2.45) is 0 Å². The molecule has 8 rings (SSSR count). The van der Waals surface area contributed by atoms with Gasteiger partial charge in [-0.25, -0.2) is 0 Å². The van der Waals surface area contributed by atoms with Gasteiger partial charge in [-0.1, -0.05) is 155 Å². The summed E-state index contributed by atoms with van der Waals surface area (Å²) in [7, 11) is -1.87. The minimum atomic E-state index is -1.87. The molecule has 0 atom stereocenters. The van der Waals surface area contributed by atoms with Gasteiger partial charge in [-0.15, -0.1) is 0 Å². The van der Waals surface area contributed by atoms with Crippen molar-refractivity contribution < 1.29 is 0 Å². The SMILES string of the molecule is CC(C)(C)c1ccc(-c2c3ccccc3c(-c3cccc4ccccc34)c3cc4c(cc23)-c2ccccc2[Si]4(C)C)cc1. The van der Waals surface area contributed by atoms with Crippen molar-refractivity contribution in [3.8, 4) is 33.4 Å². The van der Waals surface area contributed by atoms with Crippen LogP contribution in [-0.2, 0) is 5.41 Å². The quantitative estimate of drug-likeness (QED) is 0.144. The van der Waals surface area contributed by atoms with Crippen LogP contribution in [0.5, 0.6) is 0 Å². The molecule has 0 saturated carbocycles. The monoisotopic (exact) mass is 568 g/mol. The summed E-state index contributed by atoms with van der Waals surface area (Å²) in [5.41, 5.74) is 9.59. The van der Waals surface area contributed by atoms with Gasteiger partial charge in [0.2, 0.25) is 0 Å². The summed E-state index contributed by atoms with van der Waals surface area (Å²) in [6.07, 6.45) is 0. The Bertz CT molecular complexity index is 2220. The molecule has 0 spiro atoms. The van der Waals surface area contributed by atoms with Gasteiger partial charge in [0.1, 0.15) is 8.07 Å². The topological polar surface area (TPSA) is 0 Å². The van der Waals surface area contributed by atoms with Gasteiger partial charge in [-0.3, -0.25) is 0 Å². The fraction of sp³-hybridized carbons (Fsp3) is 0.143. The molecule has 0 aromatic heterocycles. The first-order valence-corrected chi connectivity index (χ1v) is 18.5. The van der Waals surface area contributed by atoms with Crippen LogP contribution in [0.25, 0.3) is 65.7 Å². The summed E-state index contributed by atoms with van der Waals surface area (Å²) in [5, 5.41) is 11.0. The summed E-state index contributed by atoms with van der Waals surface area (Å²) in [4.78, 5) is 0. The highest BCUT2D eigenvalue weighted by Gasteiger charge is 2.38. The van der Waals surface area contributed by atoms with Crippen LogP contribution in [0.3, 0.4) is 0 Å². The number of hydrogen-bond donors (Lipinski definition) is 0. The summed E-state index contributed by atoms with van der Waals surface area (Å²) >= 11 is 0. The lowest BCUT2D eigenvalue weighted by molar-refractivity contribution is 0.590. The molecule has 0 nitrogen and oxygen atoms in total. The predicted octanol–water partition coefficient (Wildman–Crippen LogP) is 10.6. The fourth-order valence-corrected chi connectivity index (χ4v) is 10.6. The van der Waals surface area contributed by atoms with Gasteiger partial charge < -0.3 is 0 Å². The number of rotatable bonds is 2. The van der Waals surface area contributed by atoms with E-state index in [0.29, 0.717) is 0 Å². The molecular formula is C42H36Si. The third-order valence-electron chi connectivity index (χ3n) is 9.82. The summed E-state index contributed by atoms with van der Waals surface area (Å²) in [6, 6.07) is 48.3.